The van der Waals surface area contributed by atoms with Gasteiger partial charge in [-0.1, -0.05) is 41.5 Å². The third-order valence-electron chi connectivity index (χ3n) is 3.86. The molecule has 0 fully saturated rings. The smallest absolute Gasteiger partial charge is 0.118 e. The predicted molar refractivity (Wildman–Crippen MR) is 88.9 cm³/mol. The van der Waals surface area contributed by atoms with Crippen LogP contribution in [-0.2, 0) is 0 Å². The minimum absolute atomic E-state index is 0.298. The van der Waals surface area contributed by atoms with Crippen LogP contribution in [0.25, 0.3) is 0 Å². The minimum Gasteiger partial charge on any atom is -0.497 e. The highest BCUT2D eigenvalue weighted by molar-refractivity contribution is 5.32. The van der Waals surface area contributed by atoms with Crippen molar-refractivity contribution in [1.82, 2.24) is 5.32 Å². The monoisotopic (exact) mass is 283 g/mol. The maximum absolute atomic E-state index is 5.21. The molecule has 21 heavy (non-hydrogen) atoms. The second-order valence-electron chi connectivity index (χ2n) is 5.80. The molecular formula is C19H25NO. The number of benzene rings is 2. The van der Waals surface area contributed by atoms with E-state index >= 15 is 0 Å². The van der Waals surface area contributed by atoms with Crippen LogP contribution >= 0.6 is 0 Å². The minimum atomic E-state index is 0.298. The van der Waals surface area contributed by atoms with E-state index in [1.807, 2.05) is 12.1 Å². The van der Waals surface area contributed by atoms with E-state index in [2.05, 4.69) is 63.3 Å². The van der Waals surface area contributed by atoms with E-state index in [4.69, 9.17) is 4.74 Å². The first kappa shape index (κ1) is 15.6. The Labute approximate surface area is 128 Å². The van der Waals surface area contributed by atoms with Gasteiger partial charge in [0.15, 0.2) is 0 Å². The average Bonchev–Trinajstić information content (AvgIpc) is 2.46. The third-order valence-corrected chi connectivity index (χ3v) is 3.86. The van der Waals surface area contributed by atoms with Crippen LogP contribution in [0.2, 0.25) is 0 Å². The van der Waals surface area contributed by atoms with E-state index in [-0.39, 0.29) is 0 Å². The molecule has 0 spiro atoms. The van der Waals surface area contributed by atoms with Crippen LogP contribution < -0.4 is 10.1 Å². The second kappa shape index (κ2) is 6.77. The average molecular weight is 283 g/mol. The topological polar surface area (TPSA) is 21.3 Å². The van der Waals surface area contributed by atoms with E-state index in [1.54, 1.807) is 7.11 Å². The van der Waals surface area contributed by atoms with Gasteiger partial charge in [0.1, 0.15) is 5.75 Å². The Morgan fingerprint density at radius 3 is 1.86 bits per heavy atom. The van der Waals surface area contributed by atoms with Crippen LogP contribution in [-0.4, -0.2) is 7.11 Å². The van der Waals surface area contributed by atoms with Crippen molar-refractivity contribution in [2.75, 3.05) is 7.11 Å². The van der Waals surface area contributed by atoms with Crippen molar-refractivity contribution in [3.8, 4) is 5.75 Å². The Kier molecular flexibility index (Phi) is 5.03. The van der Waals surface area contributed by atoms with Gasteiger partial charge < -0.3 is 10.1 Å². The number of ether oxygens (including phenoxy) is 1. The Morgan fingerprint density at radius 2 is 1.33 bits per heavy atom. The van der Waals surface area contributed by atoms with Crippen LogP contribution in [0, 0.1) is 13.8 Å². The van der Waals surface area contributed by atoms with Gasteiger partial charge >= 0.3 is 0 Å². The van der Waals surface area contributed by atoms with Crippen LogP contribution in [0.1, 0.15) is 48.2 Å². The van der Waals surface area contributed by atoms with Crippen LogP contribution in [0.3, 0.4) is 0 Å². The third kappa shape index (κ3) is 4.08. The lowest BCUT2D eigenvalue weighted by molar-refractivity contribution is 0.414. The summed E-state index contributed by atoms with van der Waals surface area (Å²) < 4.78 is 5.21. The molecule has 0 saturated carbocycles. The van der Waals surface area contributed by atoms with Gasteiger partial charge in [0.05, 0.1) is 7.11 Å². The maximum Gasteiger partial charge on any atom is 0.118 e. The molecule has 1 N–H and O–H groups in total. The maximum atomic E-state index is 5.21. The van der Waals surface area contributed by atoms with Gasteiger partial charge in [-0.25, -0.2) is 0 Å². The number of hydrogen-bond donors (Lipinski definition) is 1. The van der Waals surface area contributed by atoms with Gasteiger partial charge in [-0.05, 0) is 51.0 Å². The molecular weight excluding hydrogens is 258 g/mol. The van der Waals surface area contributed by atoms with Gasteiger partial charge in [0.25, 0.3) is 0 Å². The molecule has 0 aliphatic rings. The molecule has 2 aromatic rings. The number of nitrogens with one attached hydrogen (secondary N) is 1. The summed E-state index contributed by atoms with van der Waals surface area (Å²) in [5.74, 6) is 0.897. The molecule has 2 aromatic carbocycles. The lowest BCUT2D eigenvalue weighted by Gasteiger charge is -2.21. The summed E-state index contributed by atoms with van der Waals surface area (Å²) >= 11 is 0. The zero-order valence-corrected chi connectivity index (χ0v) is 13.6. The van der Waals surface area contributed by atoms with Crippen molar-refractivity contribution in [1.29, 1.82) is 0 Å². The van der Waals surface area contributed by atoms with Crippen molar-refractivity contribution in [2.45, 2.75) is 39.8 Å². The Bertz CT molecular complexity index is 569. The molecule has 1 unspecified atom stereocenters. The van der Waals surface area contributed by atoms with Gasteiger partial charge in [-0.15, -0.1) is 0 Å². The van der Waals surface area contributed by atoms with Crippen molar-refractivity contribution < 1.29 is 4.74 Å². The fourth-order valence-corrected chi connectivity index (χ4v) is 2.72. The van der Waals surface area contributed by atoms with Crippen molar-refractivity contribution in [3.05, 3.63) is 64.7 Å². The summed E-state index contributed by atoms with van der Waals surface area (Å²) in [5.41, 5.74) is 5.24. The first-order valence-corrected chi connectivity index (χ1v) is 7.48. The SMILES string of the molecule is COc1ccc([C@@H](C)NC(C)c2cc(C)cc(C)c2)cc1. The number of rotatable bonds is 5. The molecule has 0 bridgehead atoms. The molecule has 0 aliphatic carbocycles. The number of aryl methyl sites for hydroxylation is 2. The molecule has 0 heterocycles. The van der Waals surface area contributed by atoms with Crippen LogP contribution in [0.4, 0.5) is 0 Å². The first-order chi connectivity index (χ1) is 9.99. The Balaban J connectivity index is 2.08. The molecule has 0 amide bonds. The quantitative estimate of drug-likeness (QED) is 0.857. The van der Waals surface area contributed by atoms with Crippen molar-refractivity contribution >= 4 is 0 Å². The normalized spacial score (nSPS) is 13.8. The lowest BCUT2D eigenvalue weighted by Crippen LogP contribution is -2.22. The second-order valence-corrected chi connectivity index (χ2v) is 5.80. The summed E-state index contributed by atoms with van der Waals surface area (Å²) in [4.78, 5) is 0. The molecule has 0 saturated heterocycles. The number of methoxy groups -OCH3 is 1. The van der Waals surface area contributed by atoms with E-state index in [0.717, 1.165) is 5.75 Å². The van der Waals surface area contributed by atoms with E-state index in [9.17, 15) is 0 Å². The molecule has 2 rings (SSSR count). The van der Waals surface area contributed by atoms with Crippen molar-refractivity contribution in [2.24, 2.45) is 0 Å². The van der Waals surface area contributed by atoms with Gasteiger partial charge in [0, 0.05) is 12.1 Å². The largest absolute Gasteiger partial charge is 0.497 e. The van der Waals surface area contributed by atoms with E-state index in [1.165, 1.54) is 22.3 Å². The molecule has 0 radical (unpaired) electrons. The summed E-state index contributed by atoms with van der Waals surface area (Å²) in [6.45, 7) is 8.71. The zero-order chi connectivity index (χ0) is 15.4. The molecule has 2 atom stereocenters. The summed E-state index contributed by atoms with van der Waals surface area (Å²) in [6, 6.07) is 15.6. The first-order valence-electron chi connectivity index (χ1n) is 7.48. The standard InChI is InChI=1S/C19H25NO/c1-13-10-14(2)12-18(11-13)16(4)20-15(3)17-6-8-19(21-5)9-7-17/h6-12,15-16,20H,1-5H3/t15-,16?/m1/s1. The molecule has 112 valence electrons. The van der Waals surface area contributed by atoms with Gasteiger partial charge in [0.2, 0.25) is 0 Å². The molecule has 2 nitrogen and oxygen atoms in total. The van der Waals surface area contributed by atoms with E-state index in [0.29, 0.717) is 12.1 Å². The molecule has 0 aromatic heterocycles. The van der Waals surface area contributed by atoms with Crippen LogP contribution in [0.5, 0.6) is 5.75 Å². The highest BCUT2D eigenvalue weighted by Crippen LogP contribution is 2.22. The highest BCUT2D eigenvalue weighted by Gasteiger charge is 2.11. The Hall–Kier alpha value is -1.80. The van der Waals surface area contributed by atoms with Gasteiger partial charge in [-0.2, -0.15) is 0 Å². The summed E-state index contributed by atoms with van der Waals surface area (Å²) in [6.07, 6.45) is 0. The highest BCUT2D eigenvalue weighted by atomic mass is 16.5. The fourth-order valence-electron chi connectivity index (χ4n) is 2.72. The lowest BCUT2D eigenvalue weighted by atomic mass is 10.0. The summed E-state index contributed by atoms with van der Waals surface area (Å²) in [5, 5.41) is 3.66. The zero-order valence-electron chi connectivity index (χ0n) is 13.6. The van der Waals surface area contributed by atoms with E-state index < -0.39 is 0 Å². The summed E-state index contributed by atoms with van der Waals surface area (Å²) in [7, 11) is 1.69. The number of hydrogen-bond acceptors (Lipinski definition) is 2. The Morgan fingerprint density at radius 1 is 0.810 bits per heavy atom. The molecule has 0 aliphatic heterocycles. The van der Waals surface area contributed by atoms with Crippen LogP contribution in [0.15, 0.2) is 42.5 Å². The van der Waals surface area contributed by atoms with Crippen molar-refractivity contribution in [3.63, 3.8) is 0 Å². The predicted octanol–water partition coefficient (Wildman–Crippen LogP) is 4.72. The fraction of sp³-hybridized carbons (Fsp3) is 0.368. The van der Waals surface area contributed by atoms with Gasteiger partial charge in [-0.3, -0.25) is 0 Å². The molecule has 2 heteroatoms.